The van der Waals surface area contributed by atoms with Crippen molar-refractivity contribution in [2.45, 2.75) is 126 Å². The molecule has 5 atom stereocenters. The molecule has 336 valence electrons. The summed E-state index contributed by atoms with van der Waals surface area (Å²) in [6.07, 6.45) is 1.75. The standard InChI is InChI=1S/C41H49F4N7O9S/c1-23(2)60-32-19-31(26-12-13-27(42)34(59-4)33(26)47-32)61-25-18-30-36(54)48-40(38(56)50-62(57,58)39(3)15-16-39)20-24(40)10-8-6-5-7-9-11-29(37(55)52(30)21-25)46-35(53)28-14-17-51(49-28)22-41(43,44)45/h8,10,12-14,17,19,23-25,29-30H,5-7,9,11,15-16,18,20-22H2,1-4H3,(H,46,53)(H,48,54)(H,50,56)/b10-8-/t24?,25-,29+,30+,40-/m1/s1. The molecule has 16 nitrogen and oxygen atoms in total. The summed E-state index contributed by atoms with van der Waals surface area (Å²) in [7, 11) is -2.82. The Kier molecular flexibility index (Phi) is 12.2. The van der Waals surface area contributed by atoms with Gasteiger partial charge in [-0.1, -0.05) is 25.0 Å². The summed E-state index contributed by atoms with van der Waals surface area (Å²) in [6, 6.07) is 2.57. The highest BCUT2D eigenvalue weighted by Crippen LogP contribution is 2.48. The molecular formula is C41H49F4N7O9S. The van der Waals surface area contributed by atoms with Gasteiger partial charge in [-0.25, -0.2) is 17.8 Å². The van der Waals surface area contributed by atoms with E-state index in [1.165, 1.54) is 37.1 Å². The molecule has 7 rings (SSSR count). The van der Waals surface area contributed by atoms with E-state index >= 15 is 0 Å². The molecule has 4 heterocycles. The molecule has 1 aromatic carbocycles. The summed E-state index contributed by atoms with van der Waals surface area (Å²) in [4.78, 5) is 62.4. The van der Waals surface area contributed by atoms with Crippen molar-refractivity contribution < 1.29 is 59.4 Å². The molecule has 0 spiro atoms. The number of carbonyl (C=O) groups excluding carboxylic acids is 4. The Hall–Kier alpha value is -5.47. The molecule has 4 amide bonds. The zero-order chi connectivity index (χ0) is 44.8. The third kappa shape index (κ3) is 9.46. The monoisotopic (exact) mass is 891 g/mol. The molecule has 62 heavy (non-hydrogen) atoms. The Morgan fingerprint density at radius 3 is 2.56 bits per heavy atom. The van der Waals surface area contributed by atoms with Crippen LogP contribution in [0.2, 0.25) is 0 Å². The first kappa shape index (κ1) is 44.6. The topological polar surface area (TPSA) is 200 Å². The number of methoxy groups -OCH3 is 1. The van der Waals surface area contributed by atoms with E-state index in [1.54, 1.807) is 19.9 Å². The molecule has 4 aliphatic rings. The quantitative estimate of drug-likeness (QED) is 0.181. The highest BCUT2D eigenvalue weighted by Gasteiger charge is 2.63. The van der Waals surface area contributed by atoms with E-state index in [0.717, 1.165) is 12.3 Å². The number of alkyl halides is 3. The second kappa shape index (κ2) is 17.0. The maximum absolute atomic E-state index is 14.9. The van der Waals surface area contributed by atoms with Crippen LogP contribution in [-0.2, 0) is 31.0 Å². The lowest BCUT2D eigenvalue weighted by Gasteiger charge is -2.30. The minimum absolute atomic E-state index is 0.0734. The lowest BCUT2D eigenvalue weighted by Crippen LogP contribution is -2.58. The van der Waals surface area contributed by atoms with Gasteiger partial charge in [0.15, 0.2) is 11.6 Å². The Morgan fingerprint density at radius 1 is 1.11 bits per heavy atom. The normalized spacial score (nSPS) is 25.7. The number of fused-ring (bicyclic) bond motifs is 3. The third-order valence-electron chi connectivity index (χ3n) is 11.7. The molecule has 1 saturated heterocycles. The van der Waals surface area contributed by atoms with Gasteiger partial charge in [0.25, 0.3) is 11.8 Å². The summed E-state index contributed by atoms with van der Waals surface area (Å²) in [6.45, 7) is 3.39. The molecular weight excluding hydrogens is 843 g/mol. The first-order valence-electron chi connectivity index (χ1n) is 20.5. The molecule has 1 unspecified atom stereocenters. The van der Waals surface area contributed by atoms with Crippen molar-refractivity contribution in [2.75, 3.05) is 13.7 Å². The van der Waals surface area contributed by atoms with Crippen LogP contribution < -0.4 is 29.6 Å². The van der Waals surface area contributed by atoms with Crippen LogP contribution in [-0.4, -0.2) is 106 Å². The summed E-state index contributed by atoms with van der Waals surface area (Å²) in [5, 5.41) is 9.49. The zero-order valence-corrected chi connectivity index (χ0v) is 35.4. The fraction of sp³-hybridized carbons (Fsp3) is 0.561. The summed E-state index contributed by atoms with van der Waals surface area (Å²) in [5.74, 6) is -4.51. The van der Waals surface area contributed by atoms with Gasteiger partial charge in [0, 0.05) is 30.0 Å². The number of nitrogens with one attached hydrogen (secondary N) is 3. The van der Waals surface area contributed by atoms with Crippen LogP contribution >= 0.6 is 0 Å². The van der Waals surface area contributed by atoms with Gasteiger partial charge in [-0.2, -0.15) is 18.3 Å². The van der Waals surface area contributed by atoms with Crippen LogP contribution in [0, 0.1) is 11.7 Å². The number of benzene rings is 1. The Morgan fingerprint density at radius 2 is 1.87 bits per heavy atom. The van der Waals surface area contributed by atoms with E-state index < -0.39 is 86.6 Å². The minimum atomic E-state index is -4.60. The van der Waals surface area contributed by atoms with E-state index in [4.69, 9.17) is 14.2 Å². The highest BCUT2D eigenvalue weighted by atomic mass is 32.2. The van der Waals surface area contributed by atoms with E-state index in [-0.39, 0.29) is 60.5 Å². The lowest BCUT2D eigenvalue weighted by atomic mass is 10.0. The average molecular weight is 892 g/mol. The maximum atomic E-state index is 14.9. The second-order valence-corrected chi connectivity index (χ2v) is 19.0. The van der Waals surface area contributed by atoms with Gasteiger partial charge in [0.05, 0.1) is 24.5 Å². The first-order valence-corrected chi connectivity index (χ1v) is 22.0. The predicted molar refractivity (Wildman–Crippen MR) is 214 cm³/mol. The fourth-order valence-corrected chi connectivity index (χ4v) is 9.21. The number of carbonyl (C=O) groups is 4. The number of ether oxygens (including phenoxy) is 3. The summed E-state index contributed by atoms with van der Waals surface area (Å²) >= 11 is 0. The molecule has 2 saturated carbocycles. The largest absolute Gasteiger partial charge is 0.491 e. The smallest absolute Gasteiger partial charge is 0.408 e. The summed E-state index contributed by atoms with van der Waals surface area (Å²) < 4.78 is 99.9. The molecule has 0 bridgehead atoms. The van der Waals surface area contributed by atoms with Crippen LogP contribution in [0.25, 0.3) is 10.9 Å². The molecule has 0 radical (unpaired) electrons. The number of halogens is 4. The van der Waals surface area contributed by atoms with Crippen LogP contribution in [0.3, 0.4) is 0 Å². The molecule has 21 heteroatoms. The van der Waals surface area contributed by atoms with Gasteiger partial charge in [0.2, 0.25) is 27.7 Å². The van der Waals surface area contributed by atoms with Crippen molar-refractivity contribution in [2.24, 2.45) is 5.92 Å². The molecule has 2 aromatic heterocycles. The average Bonchev–Trinajstić information content (AvgIpc) is 3.98. The highest BCUT2D eigenvalue weighted by molar-refractivity contribution is 7.91. The SMILES string of the molecule is COc1c(F)ccc2c(O[C@@H]3C[C@H]4C(=O)N[C@]5(C(=O)NS(=O)(=O)C6(C)CC6)CC5/C=C\CCCCC[C@H](NC(=O)c5ccn(CC(F)(F)F)n5)C(=O)N4C3)cc(OC(C)C)nc12. The van der Waals surface area contributed by atoms with Crippen molar-refractivity contribution in [3.8, 4) is 17.4 Å². The summed E-state index contributed by atoms with van der Waals surface area (Å²) in [5.41, 5.74) is -1.94. The number of aromatic nitrogens is 3. The van der Waals surface area contributed by atoms with Crippen LogP contribution in [0.15, 0.2) is 42.6 Å². The van der Waals surface area contributed by atoms with Crippen LogP contribution in [0.4, 0.5) is 17.6 Å². The molecule has 3 fully saturated rings. The molecule has 2 aliphatic heterocycles. The predicted octanol–water partition coefficient (Wildman–Crippen LogP) is 4.47. The Balaban J connectivity index is 1.23. The van der Waals surface area contributed by atoms with Crippen molar-refractivity contribution in [1.29, 1.82) is 0 Å². The number of hydrogen-bond donors (Lipinski definition) is 3. The number of sulfonamides is 1. The lowest BCUT2D eigenvalue weighted by molar-refractivity contribution is -0.142. The van der Waals surface area contributed by atoms with Crippen molar-refractivity contribution in [3.05, 3.63) is 54.1 Å². The van der Waals surface area contributed by atoms with Gasteiger partial charge in [-0.3, -0.25) is 28.6 Å². The number of hydrogen-bond acceptors (Lipinski definition) is 11. The number of rotatable bonds is 11. The van der Waals surface area contributed by atoms with Crippen molar-refractivity contribution in [3.63, 3.8) is 0 Å². The number of allylic oxidation sites excluding steroid dienone is 1. The number of amides is 4. The third-order valence-corrected chi connectivity index (χ3v) is 13.8. The number of pyridine rings is 1. The Labute approximate surface area is 355 Å². The fourth-order valence-electron chi connectivity index (χ4n) is 7.90. The molecule has 2 aliphatic carbocycles. The van der Waals surface area contributed by atoms with E-state index in [1.807, 2.05) is 6.08 Å². The zero-order valence-electron chi connectivity index (χ0n) is 34.6. The second-order valence-electron chi connectivity index (χ2n) is 16.8. The Bertz CT molecular complexity index is 2390. The maximum Gasteiger partial charge on any atom is 0.408 e. The first-order chi connectivity index (χ1) is 29.2. The van der Waals surface area contributed by atoms with Crippen LogP contribution in [0.1, 0.15) is 89.0 Å². The number of nitrogens with zero attached hydrogens (tertiary/aromatic N) is 4. The molecule has 3 aromatic rings. The van der Waals surface area contributed by atoms with Crippen molar-refractivity contribution >= 4 is 44.6 Å². The van der Waals surface area contributed by atoms with Crippen LogP contribution in [0.5, 0.6) is 17.4 Å². The molecule has 3 N–H and O–H groups in total. The van der Waals surface area contributed by atoms with Gasteiger partial charge < -0.3 is 29.7 Å². The van der Waals surface area contributed by atoms with Gasteiger partial charge >= 0.3 is 6.18 Å². The van der Waals surface area contributed by atoms with Gasteiger partial charge in [0.1, 0.15) is 47.2 Å². The minimum Gasteiger partial charge on any atom is -0.491 e. The van der Waals surface area contributed by atoms with E-state index in [2.05, 4.69) is 25.4 Å². The van der Waals surface area contributed by atoms with E-state index in [9.17, 15) is 45.2 Å². The van der Waals surface area contributed by atoms with Gasteiger partial charge in [-0.05, 0) is 77.5 Å². The van der Waals surface area contributed by atoms with Gasteiger partial charge in [-0.15, -0.1) is 0 Å². The van der Waals surface area contributed by atoms with E-state index in [0.29, 0.717) is 48.6 Å². The van der Waals surface area contributed by atoms with Crippen molar-refractivity contribution in [1.82, 2.24) is 35.0 Å².